The van der Waals surface area contributed by atoms with Crippen LogP contribution in [0.2, 0.25) is 0 Å². The van der Waals surface area contributed by atoms with Gasteiger partial charge in [-0.05, 0) is 83.5 Å². The molecule has 0 radical (unpaired) electrons. The van der Waals surface area contributed by atoms with Crippen molar-refractivity contribution in [1.29, 1.82) is 0 Å². The third kappa shape index (κ3) is 61.8. The quantitative estimate of drug-likeness (QED) is 0.0261. The number of esters is 3. The molecule has 0 aromatic carbocycles. The van der Waals surface area contributed by atoms with Gasteiger partial charge in [-0.3, -0.25) is 14.4 Å². The van der Waals surface area contributed by atoms with Gasteiger partial charge in [-0.1, -0.05) is 300 Å². The standard InChI is InChI=1S/C69H124O6/c1-4-7-10-13-16-19-22-24-26-28-30-31-32-33-34-35-36-37-38-39-40-42-43-45-47-50-53-56-59-62-68(71)74-65-66(64-73-67(70)61-58-55-52-49-21-18-15-12-9-6-3)75-69(72)63-60-57-54-51-48-46-44-41-29-27-25-23-20-17-14-11-8-5-2/h7,10,16,19,24,26-27,29-31,66H,4-6,8-9,11-15,17-18,20-23,25,28,32-65H2,1-3H3/b10-7-,19-16-,26-24-,29-27-,31-30-. The van der Waals surface area contributed by atoms with E-state index in [1.54, 1.807) is 0 Å². The van der Waals surface area contributed by atoms with E-state index in [1.807, 2.05) is 0 Å². The summed E-state index contributed by atoms with van der Waals surface area (Å²) in [6.07, 6.45) is 81.0. The molecule has 0 bridgehead atoms. The average Bonchev–Trinajstić information content (AvgIpc) is 3.41. The van der Waals surface area contributed by atoms with Crippen molar-refractivity contribution >= 4 is 17.9 Å². The molecule has 6 heteroatoms. The number of allylic oxidation sites excluding steroid dienone is 10. The van der Waals surface area contributed by atoms with Gasteiger partial charge >= 0.3 is 17.9 Å². The maximum atomic E-state index is 12.9. The molecule has 0 aromatic rings. The summed E-state index contributed by atoms with van der Waals surface area (Å²) in [6.45, 7) is 6.56. The summed E-state index contributed by atoms with van der Waals surface area (Å²) in [4.78, 5) is 38.2. The molecule has 0 aliphatic rings. The molecule has 0 aromatic heterocycles. The highest BCUT2D eigenvalue weighted by atomic mass is 16.6. The van der Waals surface area contributed by atoms with Crippen LogP contribution in [0.15, 0.2) is 60.8 Å². The number of rotatable bonds is 60. The number of carbonyl (C=O) groups is 3. The van der Waals surface area contributed by atoms with Gasteiger partial charge in [0, 0.05) is 19.3 Å². The number of hydrogen-bond acceptors (Lipinski definition) is 6. The second-order valence-electron chi connectivity index (χ2n) is 22.0. The molecule has 0 spiro atoms. The van der Waals surface area contributed by atoms with Crippen LogP contribution in [0.1, 0.15) is 342 Å². The van der Waals surface area contributed by atoms with Gasteiger partial charge in [0.15, 0.2) is 6.10 Å². The first-order chi connectivity index (χ1) is 37.0. The SMILES string of the molecule is CC/C=C\C/C=C\C/C=C\C/C=C\CCCCCCCCCCCCCCCCCCC(=O)OCC(COC(=O)CCCCCCCCCCCC)OC(=O)CCCCCCCCC/C=C\CCCCCCCCC. The molecule has 0 aliphatic carbocycles. The number of unbranched alkanes of at least 4 members (excludes halogenated alkanes) is 39. The minimum atomic E-state index is -0.773. The summed E-state index contributed by atoms with van der Waals surface area (Å²) in [5, 5.41) is 0. The fourth-order valence-corrected chi connectivity index (χ4v) is 9.61. The lowest BCUT2D eigenvalue weighted by atomic mass is 10.0. The summed E-state index contributed by atoms with van der Waals surface area (Å²) >= 11 is 0. The number of ether oxygens (including phenoxy) is 3. The zero-order valence-corrected chi connectivity index (χ0v) is 50.1. The van der Waals surface area contributed by atoms with Crippen LogP contribution >= 0.6 is 0 Å². The van der Waals surface area contributed by atoms with Gasteiger partial charge in [0.2, 0.25) is 0 Å². The van der Waals surface area contributed by atoms with Crippen molar-refractivity contribution in [2.24, 2.45) is 0 Å². The van der Waals surface area contributed by atoms with Crippen LogP contribution in [0.4, 0.5) is 0 Å². The third-order valence-electron chi connectivity index (χ3n) is 14.5. The fraction of sp³-hybridized carbons (Fsp3) is 0.812. The molecule has 0 amide bonds. The van der Waals surface area contributed by atoms with Crippen LogP contribution in [0, 0.1) is 0 Å². The molecule has 0 heterocycles. The van der Waals surface area contributed by atoms with Crippen molar-refractivity contribution < 1.29 is 28.6 Å². The predicted octanol–water partition coefficient (Wildman–Crippen LogP) is 22.3. The maximum absolute atomic E-state index is 12.9. The first-order valence-corrected chi connectivity index (χ1v) is 32.8. The molecule has 1 unspecified atom stereocenters. The summed E-state index contributed by atoms with van der Waals surface area (Å²) in [5.74, 6) is -0.858. The molecule has 0 saturated carbocycles. The second kappa shape index (κ2) is 63.6. The second-order valence-corrected chi connectivity index (χ2v) is 22.0. The van der Waals surface area contributed by atoms with E-state index >= 15 is 0 Å². The van der Waals surface area contributed by atoms with Crippen LogP contribution in [-0.2, 0) is 28.6 Å². The van der Waals surface area contributed by atoms with E-state index in [0.717, 1.165) is 83.5 Å². The van der Waals surface area contributed by atoms with Gasteiger partial charge in [0.25, 0.3) is 0 Å². The van der Waals surface area contributed by atoms with E-state index in [1.165, 1.54) is 218 Å². The van der Waals surface area contributed by atoms with Gasteiger partial charge in [-0.25, -0.2) is 0 Å². The van der Waals surface area contributed by atoms with E-state index in [9.17, 15) is 14.4 Å². The Kier molecular flexibility index (Phi) is 61.2. The van der Waals surface area contributed by atoms with E-state index in [-0.39, 0.29) is 31.1 Å². The lowest BCUT2D eigenvalue weighted by molar-refractivity contribution is -0.167. The van der Waals surface area contributed by atoms with E-state index < -0.39 is 6.10 Å². The van der Waals surface area contributed by atoms with Crippen molar-refractivity contribution in [1.82, 2.24) is 0 Å². The molecule has 0 N–H and O–H groups in total. The number of hydrogen-bond donors (Lipinski definition) is 0. The molecule has 6 nitrogen and oxygen atoms in total. The van der Waals surface area contributed by atoms with E-state index in [4.69, 9.17) is 14.2 Å². The van der Waals surface area contributed by atoms with Gasteiger partial charge in [0.1, 0.15) is 13.2 Å². The zero-order chi connectivity index (χ0) is 54.3. The predicted molar refractivity (Wildman–Crippen MR) is 325 cm³/mol. The lowest BCUT2D eigenvalue weighted by Gasteiger charge is -2.18. The number of carbonyl (C=O) groups excluding carboxylic acids is 3. The van der Waals surface area contributed by atoms with Crippen molar-refractivity contribution in [2.75, 3.05) is 13.2 Å². The topological polar surface area (TPSA) is 78.9 Å². The van der Waals surface area contributed by atoms with Gasteiger partial charge in [-0.2, -0.15) is 0 Å². The average molecular weight is 1050 g/mol. The maximum Gasteiger partial charge on any atom is 0.306 e. The summed E-state index contributed by atoms with van der Waals surface area (Å²) in [6, 6.07) is 0. The largest absolute Gasteiger partial charge is 0.462 e. The Morgan fingerprint density at radius 3 is 0.827 bits per heavy atom. The lowest BCUT2D eigenvalue weighted by Crippen LogP contribution is -2.30. The first kappa shape index (κ1) is 72.1. The third-order valence-corrected chi connectivity index (χ3v) is 14.5. The van der Waals surface area contributed by atoms with Crippen LogP contribution in [0.3, 0.4) is 0 Å². The highest BCUT2D eigenvalue weighted by molar-refractivity contribution is 5.71. The Hall–Kier alpha value is -2.89. The molecule has 75 heavy (non-hydrogen) atoms. The van der Waals surface area contributed by atoms with E-state index in [0.29, 0.717) is 19.3 Å². The Balaban J connectivity index is 4.15. The monoisotopic (exact) mass is 1050 g/mol. The van der Waals surface area contributed by atoms with Gasteiger partial charge in [-0.15, -0.1) is 0 Å². The minimum Gasteiger partial charge on any atom is -0.462 e. The van der Waals surface area contributed by atoms with Crippen molar-refractivity contribution in [3.63, 3.8) is 0 Å². The molecule has 1 atom stereocenters. The van der Waals surface area contributed by atoms with Crippen LogP contribution < -0.4 is 0 Å². The van der Waals surface area contributed by atoms with Gasteiger partial charge < -0.3 is 14.2 Å². The zero-order valence-electron chi connectivity index (χ0n) is 50.1. The van der Waals surface area contributed by atoms with Gasteiger partial charge in [0.05, 0.1) is 0 Å². The highest BCUT2D eigenvalue weighted by Crippen LogP contribution is 2.17. The Morgan fingerprint density at radius 2 is 0.520 bits per heavy atom. The molecule has 0 fully saturated rings. The minimum absolute atomic E-state index is 0.0709. The Labute approximate surface area is 466 Å². The summed E-state index contributed by atoms with van der Waals surface area (Å²) in [5.41, 5.74) is 0. The molecule has 0 rings (SSSR count). The summed E-state index contributed by atoms with van der Waals surface area (Å²) in [7, 11) is 0. The van der Waals surface area contributed by atoms with E-state index in [2.05, 4.69) is 81.5 Å². The van der Waals surface area contributed by atoms with Crippen molar-refractivity contribution in [2.45, 2.75) is 348 Å². The molecule has 0 saturated heterocycles. The normalized spacial score (nSPS) is 12.4. The molecule has 436 valence electrons. The van der Waals surface area contributed by atoms with Crippen molar-refractivity contribution in [3.05, 3.63) is 60.8 Å². The molecular weight excluding hydrogens is 925 g/mol. The van der Waals surface area contributed by atoms with Crippen LogP contribution in [0.25, 0.3) is 0 Å². The summed E-state index contributed by atoms with van der Waals surface area (Å²) < 4.78 is 16.9. The Morgan fingerprint density at radius 1 is 0.280 bits per heavy atom. The first-order valence-electron chi connectivity index (χ1n) is 32.8. The molecule has 0 aliphatic heterocycles. The van der Waals surface area contributed by atoms with Crippen LogP contribution in [-0.4, -0.2) is 37.2 Å². The smallest absolute Gasteiger partial charge is 0.306 e. The Bertz CT molecular complexity index is 1340. The highest BCUT2D eigenvalue weighted by Gasteiger charge is 2.19. The fourth-order valence-electron chi connectivity index (χ4n) is 9.61. The van der Waals surface area contributed by atoms with Crippen molar-refractivity contribution in [3.8, 4) is 0 Å². The molecular formula is C69H124O6. The van der Waals surface area contributed by atoms with Crippen LogP contribution in [0.5, 0.6) is 0 Å².